The molecule has 5 rings (SSSR count). The largest absolute Gasteiger partial charge is 0.459 e. The molecule has 2 aromatic rings. The number of carbonyl (C=O) groups excluding carboxylic acids is 1. The third kappa shape index (κ3) is 14.0. The van der Waals surface area contributed by atoms with Gasteiger partial charge in [-0.1, -0.05) is 45.0 Å². The van der Waals surface area contributed by atoms with E-state index in [0.29, 0.717) is 38.2 Å². The summed E-state index contributed by atoms with van der Waals surface area (Å²) in [6.07, 6.45) is -5.32. The third-order valence-corrected chi connectivity index (χ3v) is 17.2. The highest BCUT2D eigenvalue weighted by Gasteiger charge is 2.55. The van der Waals surface area contributed by atoms with Gasteiger partial charge in [-0.3, -0.25) is 4.79 Å². The zero-order valence-corrected chi connectivity index (χ0v) is 45.0. The first kappa shape index (κ1) is 59.1. The highest BCUT2D eigenvalue weighted by molar-refractivity contribution is 7.89. The minimum Gasteiger partial charge on any atom is -0.459 e. The maximum atomic E-state index is 14.6. The first-order chi connectivity index (χ1) is 33.1. The normalized spacial score (nSPS) is 39.7. The van der Waals surface area contributed by atoms with Crippen LogP contribution >= 0.6 is 0 Å². The fraction of sp³-hybridized carbons (Fsp3) is 0.820. The van der Waals surface area contributed by atoms with Crippen LogP contribution in [0.25, 0.3) is 0 Å². The van der Waals surface area contributed by atoms with E-state index in [-0.39, 0.29) is 49.3 Å². The molecular formula is C50H86N6O14S. The van der Waals surface area contributed by atoms with Crippen LogP contribution in [0.4, 0.5) is 0 Å². The Hall–Kier alpha value is -2.74. The smallest absolute Gasteiger partial charge is 0.309 e. The SMILES string of the molecule is CC[C@H]1OC(=O)[C@H](C)C([C@H]2C[C@@](C)(OC)[C@@H](O)[C@H](C)O2)[C@H](C)[C@@H](O[C@@H]2O[C@H](C)C[C@H](N(C)CCc3cn(Cc4ccc(S(=O)(=O)NCCO)cc4)nn3)[C@H]2O)[C@](C)(O)C[C@@H](C)CN(C)[C@H](C)[C@@H](O)[C@]1(C)O. The van der Waals surface area contributed by atoms with Crippen LogP contribution in [0.1, 0.15) is 106 Å². The zero-order valence-electron chi connectivity index (χ0n) is 44.2. The molecule has 0 aliphatic carbocycles. The topological polar surface area (TPSA) is 268 Å². The van der Waals surface area contributed by atoms with Gasteiger partial charge < -0.3 is 64.1 Å². The summed E-state index contributed by atoms with van der Waals surface area (Å²) in [6.45, 7) is 18.7. The number of aromatic nitrogens is 3. The van der Waals surface area contributed by atoms with Gasteiger partial charge in [-0.2, -0.15) is 0 Å². The van der Waals surface area contributed by atoms with E-state index in [4.69, 9.17) is 28.8 Å². The van der Waals surface area contributed by atoms with Crippen LogP contribution in [-0.4, -0.2) is 201 Å². The van der Waals surface area contributed by atoms with E-state index < -0.39 is 112 Å². The van der Waals surface area contributed by atoms with Crippen LogP contribution in [0.3, 0.4) is 0 Å². The van der Waals surface area contributed by atoms with Gasteiger partial charge in [-0.05, 0) is 104 Å². The molecule has 71 heavy (non-hydrogen) atoms. The van der Waals surface area contributed by atoms with Gasteiger partial charge >= 0.3 is 5.97 Å². The number of aliphatic hydroxyl groups excluding tert-OH is 4. The van der Waals surface area contributed by atoms with Crippen LogP contribution in [0.5, 0.6) is 0 Å². The first-order valence-corrected chi connectivity index (χ1v) is 26.8. The molecule has 1 unspecified atom stereocenters. The van der Waals surface area contributed by atoms with Crippen molar-refractivity contribution < 1.29 is 67.5 Å². The fourth-order valence-corrected chi connectivity index (χ4v) is 12.4. The van der Waals surface area contributed by atoms with Crippen molar-refractivity contribution in [2.75, 3.05) is 47.4 Å². The number of cyclic esters (lactones) is 1. The Morgan fingerprint density at radius 3 is 2.27 bits per heavy atom. The van der Waals surface area contributed by atoms with Crippen LogP contribution < -0.4 is 4.72 Å². The highest BCUT2D eigenvalue weighted by atomic mass is 32.2. The number of methoxy groups -OCH3 is 1. The van der Waals surface area contributed by atoms with Crippen LogP contribution in [-0.2, 0) is 51.5 Å². The minimum absolute atomic E-state index is 0.0807. The number of ether oxygens (including phenoxy) is 5. The molecule has 1 aromatic heterocycles. The van der Waals surface area contributed by atoms with Gasteiger partial charge in [-0.15, -0.1) is 5.10 Å². The van der Waals surface area contributed by atoms with Crippen molar-refractivity contribution in [3.05, 3.63) is 41.7 Å². The van der Waals surface area contributed by atoms with Crippen molar-refractivity contribution in [1.82, 2.24) is 29.5 Å². The number of aliphatic hydroxyl groups is 6. The number of sulfonamides is 1. The molecule has 3 aliphatic rings. The molecule has 21 heteroatoms. The second-order valence-electron chi connectivity index (χ2n) is 21.7. The Labute approximate surface area is 421 Å². The Morgan fingerprint density at radius 2 is 1.65 bits per heavy atom. The highest BCUT2D eigenvalue weighted by Crippen LogP contribution is 2.45. The fourth-order valence-electron chi connectivity index (χ4n) is 11.4. The molecule has 20 nitrogen and oxygen atoms in total. The summed E-state index contributed by atoms with van der Waals surface area (Å²) >= 11 is 0. The molecule has 4 heterocycles. The van der Waals surface area contributed by atoms with Crippen molar-refractivity contribution >= 4 is 16.0 Å². The molecule has 3 fully saturated rings. The molecular weight excluding hydrogens is 941 g/mol. The van der Waals surface area contributed by atoms with E-state index in [2.05, 4.69) is 15.0 Å². The molecule has 0 bridgehead atoms. The average Bonchev–Trinajstić information content (AvgIpc) is 3.76. The first-order valence-electron chi connectivity index (χ1n) is 25.3. The summed E-state index contributed by atoms with van der Waals surface area (Å²) in [7, 11) is 1.53. The monoisotopic (exact) mass is 1030 g/mol. The van der Waals surface area contributed by atoms with Crippen LogP contribution in [0.15, 0.2) is 35.4 Å². The Morgan fingerprint density at radius 1 is 0.986 bits per heavy atom. The molecule has 1 aromatic carbocycles. The lowest BCUT2D eigenvalue weighted by molar-refractivity contribution is -0.302. The van der Waals surface area contributed by atoms with Gasteiger partial charge in [0.05, 0.1) is 65.3 Å². The van der Waals surface area contributed by atoms with Crippen molar-refractivity contribution in [3.63, 3.8) is 0 Å². The number of hydrogen-bond acceptors (Lipinski definition) is 18. The van der Waals surface area contributed by atoms with Crippen molar-refractivity contribution in [2.24, 2.45) is 23.7 Å². The maximum Gasteiger partial charge on any atom is 0.309 e. The van der Waals surface area contributed by atoms with E-state index in [1.165, 1.54) is 26.2 Å². The molecule has 7 N–H and O–H groups in total. The second-order valence-corrected chi connectivity index (χ2v) is 23.5. The summed E-state index contributed by atoms with van der Waals surface area (Å²) in [6, 6.07) is 5.36. The number of nitrogens with one attached hydrogen (secondary N) is 1. The van der Waals surface area contributed by atoms with Gasteiger partial charge in [0, 0.05) is 63.8 Å². The molecule has 0 saturated carbocycles. The van der Waals surface area contributed by atoms with Crippen molar-refractivity contribution in [2.45, 2.75) is 197 Å². The van der Waals surface area contributed by atoms with Crippen LogP contribution in [0.2, 0.25) is 0 Å². The summed E-state index contributed by atoms with van der Waals surface area (Å²) in [5.74, 6) is -3.23. The number of rotatable bonds is 15. The molecule has 0 amide bonds. The van der Waals surface area contributed by atoms with Gasteiger partial charge in [-0.25, -0.2) is 17.8 Å². The molecule has 3 aliphatic heterocycles. The summed E-state index contributed by atoms with van der Waals surface area (Å²) < 4.78 is 61.0. The van der Waals surface area contributed by atoms with Gasteiger partial charge in [0.1, 0.15) is 30.0 Å². The standard InChI is InChI=1S/C50H86N6O14S/c1-14-40-50(10,63)43(59)33(6)55(12)26-29(2)24-48(8,62)45(31(4)41(32(5)46(61)69-40)39-25-49(9,66-13)44(60)34(7)68-39)70-47-42(58)38(23-30(3)67-47)54(11)21-19-36-28-56(53-52-36)27-35-15-17-37(18-16-35)71(64,65)51-20-22-57/h15-18,28-34,38-45,47,51,57-60,62-63H,14,19-27H2,1-13H3/t29-,30-,31+,32-,33-,34+,38+,39-,40-,41?,42-,43-,44+,45-,47+,48-,49-,50-/m1/s1. The lowest BCUT2D eigenvalue weighted by Gasteiger charge is -2.51. The number of esters is 1. The number of nitrogens with zero attached hydrogens (tertiary/aromatic N) is 5. The van der Waals surface area contributed by atoms with E-state index in [1.54, 1.807) is 58.4 Å². The lowest BCUT2D eigenvalue weighted by atomic mass is 9.68. The number of hydrogen-bond donors (Lipinski definition) is 7. The maximum absolute atomic E-state index is 14.6. The van der Waals surface area contributed by atoms with Crippen molar-refractivity contribution in [1.29, 1.82) is 0 Å². The van der Waals surface area contributed by atoms with Gasteiger partial charge in [0.2, 0.25) is 10.0 Å². The Kier molecular flexibility index (Phi) is 20.2. The predicted octanol–water partition coefficient (Wildman–Crippen LogP) is 1.70. The quantitative estimate of drug-likeness (QED) is 0.125. The van der Waals surface area contributed by atoms with E-state index in [0.717, 1.165) is 5.56 Å². The molecule has 0 spiro atoms. The summed E-state index contributed by atoms with van der Waals surface area (Å²) in [5, 5.41) is 77.7. The second kappa shape index (κ2) is 24.3. The zero-order chi connectivity index (χ0) is 53.0. The lowest BCUT2D eigenvalue weighted by Crippen LogP contribution is -2.62. The van der Waals surface area contributed by atoms with Crippen molar-refractivity contribution in [3.8, 4) is 0 Å². The number of likely N-dealkylation sites (N-methyl/N-ethyl adjacent to an activating group) is 2. The van der Waals surface area contributed by atoms with E-state index >= 15 is 0 Å². The summed E-state index contributed by atoms with van der Waals surface area (Å²) in [5.41, 5.74) is -2.99. The number of carbonyl (C=O) groups is 1. The third-order valence-electron chi connectivity index (χ3n) is 15.8. The molecule has 18 atom stereocenters. The average molecular weight is 1030 g/mol. The van der Waals surface area contributed by atoms with E-state index in [1.807, 2.05) is 50.9 Å². The van der Waals surface area contributed by atoms with Crippen LogP contribution in [0, 0.1) is 23.7 Å². The Bertz CT molecular complexity index is 2110. The molecule has 0 radical (unpaired) electrons. The molecule has 406 valence electrons. The minimum atomic E-state index is -3.74. The van der Waals surface area contributed by atoms with Gasteiger partial charge in [0.25, 0.3) is 0 Å². The van der Waals surface area contributed by atoms with E-state index in [9.17, 15) is 38.7 Å². The number of benzene rings is 1. The van der Waals surface area contributed by atoms with Gasteiger partial charge in [0.15, 0.2) is 6.29 Å². The predicted molar refractivity (Wildman–Crippen MR) is 263 cm³/mol. The molecule has 3 saturated heterocycles. The Balaban J connectivity index is 1.42. The summed E-state index contributed by atoms with van der Waals surface area (Å²) in [4.78, 5) is 18.6.